The standard InChI is InChI=1S/C18H17N5OS/c19-9-11-3-4-13(15(24)8-11)16-14-5-7-25-17(14)18(23-22-16)21-12-2-1-6-20-10-12/h3-5,7-8,12,20,24H,1-2,6,10H2,(H,21,23)/t12-/m1/s1. The molecule has 0 spiro atoms. The molecule has 1 aliphatic rings. The number of anilines is 1. The quantitative estimate of drug-likeness (QED) is 0.671. The number of piperidine rings is 1. The molecular weight excluding hydrogens is 334 g/mol. The number of nitriles is 1. The van der Waals surface area contributed by atoms with Gasteiger partial charge < -0.3 is 15.7 Å². The Morgan fingerprint density at radius 1 is 1.32 bits per heavy atom. The van der Waals surface area contributed by atoms with Crippen LogP contribution in [-0.4, -0.2) is 34.4 Å². The lowest BCUT2D eigenvalue weighted by Gasteiger charge is -2.24. The minimum Gasteiger partial charge on any atom is -0.507 e. The van der Waals surface area contributed by atoms with E-state index in [2.05, 4.69) is 20.8 Å². The van der Waals surface area contributed by atoms with Crippen LogP contribution in [0.5, 0.6) is 5.75 Å². The first kappa shape index (κ1) is 15.8. The van der Waals surface area contributed by atoms with Crippen LogP contribution in [0, 0.1) is 11.3 Å². The van der Waals surface area contributed by atoms with Crippen LogP contribution in [-0.2, 0) is 0 Å². The summed E-state index contributed by atoms with van der Waals surface area (Å²) in [6, 6.07) is 9.21. The summed E-state index contributed by atoms with van der Waals surface area (Å²) in [7, 11) is 0. The van der Waals surface area contributed by atoms with E-state index in [9.17, 15) is 5.11 Å². The number of aromatic hydroxyl groups is 1. The first-order valence-corrected chi connectivity index (χ1v) is 9.09. The fourth-order valence-electron chi connectivity index (χ4n) is 3.14. The topological polar surface area (TPSA) is 93.9 Å². The highest BCUT2D eigenvalue weighted by atomic mass is 32.1. The van der Waals surface area contributed by atoms with Crippen LogP contribution in [0.2, 0.25) is 0 Å². The van der Waals surface area contributed by atoms with Gasteiger partial charge in [0.05, 0.1) is 16.3 Å². The molecule has 0 bridgehead atoms. The molecule has 3 N–H and O–H groups in total. The molecule has 2 aromatic heterocycles. The average Bonchev–Trinajstić information content (AvgIpc) is 3.13. The third-order valence-electron chi connectivity index (χ3n) is 4.41. The second-order valence-corrected chi connectivity index (χ2v) is 7.01. The van der Waals surface area contributed by atoms with Gasteiger partial charge in [0.25, 0.3) is 0 Å². The Labute approximate surface area is 149 Å². The summed E-state index contributed by atoms with van der Waals surface area (Å²) >= 11 is 1.61. The minimum absolute atomic E-state index is 0.0399. The van der Waals surface area contributed by atoms with E-state index in [-0.39, 0.29) is 5.75 Å². The predicted molar refractivity (Wildman–Crippen MR) is 98.7 cm³/mol. The molecule has 6 nitrogen and oxygen atoms in total. The first-order valence-electron chi connectivity index (χ1n) is 8.21. The van der Waals surface area contributed by atoms with Crippen molar-refractivity contribution in [1.29, 1.82) is 5.26 Å². The number of hydrogen-bond donors (Lipinski definition) is 3. The average molecular weight is 351 g/mol. The molecule has 7 heteroatoms. The Balaban J connectivity index is 1.74. The van der Waals surface area contributed by atoms with Gasteiger partial charge in [-0.1, -0.05) is 0 Å². The molecule has 1 atom stereocenters. The van der Waals surface area contributed by atoms with Crippen LogP contribution in [0.1, 0.15) is 18.4 Å². The van der Waals surface area contributed by atoms with E-state index in [1.165, 1.54) is 6.07 Å². The molecule has 25 heavy (non-hydrogen) atoms. The molecule has 1 aliphatic heterocycles. The van der Waals surface area contributed by atoms with E-state index in [0.717, 1.165) is 41.8 Å². The van der Waals surface area contributed by atoms with Gasteiger partial charge >= 0.3 is 0 Å². The van der Waals surface area contributed by atoms with Gasteiger partial charge in [0.1, 0.15) is 11.4 Å². The smallest absolute Gasteiger partial charge is 0.166 e. The Bertz CT molecular complexity index is 956. The third kappa shape index (κ3) is 3.02. The van der Waals surface area contributed by atoms with Crippen LogP contribution in [0.25, 0.3) is 21.3 Å². The van der Waals surface area contributed by atoms with E-state index < -0.39 is 0 Å². The minimum atomic E-state index is 0.0399. The molecule has 0 amide bonds. The van der Waals surface area contributed by atoms with Gasteiger partial charge in [0.15, 0.2) is 5.82 Å². The fraction of sp³-hybridized carbons (Fsp3) is 0.278. The normalized spacial score (nSPS) is 17.3. The zero-order valence-electron chi connectivity index (χ0n) is 13.5. The van der Waals surface area contributed by atoms with Crippen molar-refractivity contribution < 1.29 is 5.11 Å². The number of fused-ring (bicyclic) bond motifs is 1. The zero-order valence-corrected chi connectivity index (χ0v) is 14.3. The van der Waals surface area contributed by atoms with Crippen LogP contribution in [0.4, 0.5) is 5.82 Å². The number of aromatic nitrogens is 2. The molecular formula is C18H17N5OS. The number of benzene rings is 1. The van der Waals surface area contributed by atoms with Crippen molar-refractivity contribution >= 4 is 27.2 Å². The van der Waals surface area contributed by atoms with E-state index in [1.54, 1.807) is 23.5 Å². The van der Waals surface area contributed by atoms with Crippen molar-refractivity contribution in [3.05, 3.63) is 35.2 Å². The maximum absolute atomic E-state index is 10.3. The summed E-state index contributed by atoms with van der Waals surface area (Å²) in [5.74, 6) is 0.827. The Morgan fingerprint density at radius 3 is 3.00 bits per heavy atom. The lowest BCUT2D eigenvalue weighted by Crippen LogP contribution is -2.38. The van der Waals surface area contributed by atoms with Crippen molar-refractivity contribution in [2.75, 3.05) is 18.4 Å². The number of thiophene rings is 1. The highest BCUT2D eigenvalue weighted by Gasteiger charge is 2.18. The Hall–Kier alpha value is -2.69. The molecule has 0 radical (unpaired) electrons. The van der Waals surface area contributed by atoms with E-state index in [1.807, 2.05) is 17.5 Å². The van der Waals surface area contributed by atoms with Gasteiger partial charge in [-0.05, 0) is 49.0 Å². The maximum atomic E-state index is 10.3. The Kier molecular flexibility index (Phi) is 4.22. The van der Waals surface area contributed by atoms with Crippen LogP contribution >= 0.6 is 11.3 Å². The molecule has 3 heterocycles. The lowest BCUT2D eigenvalue weighted by atomic mass is 10.0. The molecule has 4 rings (SSSR count). The second-order valence-electron chi connectivity index (χ2n) is 6.09. The van der Waals surface area contributed by atoms with Gasteiger partial charge in [-0.2, -0.15) is 5.26 Å². The fourth-order valence-corrected chi connectivity index (χ4v) is 3.98. The number of nitrogens with one attached hydrogen (secondary N) is 2. The van der Waals surface area contributed by atoms with Gasteiger partial charge in [0, 0.05) is 23.5 Å². The number of rotatable bonds is 3. The van der Waals surface area contributed by atoms with Gasteiger partial charge in [0.2, 0.25) is 0 Å². The van der Waals surface area contributed by atoms with Crippen molar-refractivity contribution in [2.45, 2.75) is 18.9 Å². The second kappa shape index (κ2) is 6.67. The summed E-state index contributed by atoms with van der Waals surface area (Å²) in [5, 5.41) is 37.8. The van der Waals surface area contributed by atoms with Crippen LogP contribution in [0.15, 0.2) is 29.6 Å². The molecule has 0 unspecified atom stereocenters. The van der Waals surface area contributed by atoms with E-state index in [0.29, 0.717) is 22.9 Å². The molecule has 1 aromatic carbocycles. The number of nitrogens with zero attached hydrogens (tertiary/aromatic N) is 3. The highest BCUT2D eigenvalue weighted by Crippen LogP contribution is 2.37. The predicted octanol–water partition coefficient (Wildman–Crippen LogP) is 3.10. The molecule has 3 aromatic rings. The molecule has 0 aliphatic carbocycles. The number of phenols is 1. The molecule has 1 fully saturated rings. The molecule has 1 saturated heterocycles. The first-order chi connectivity index (χ1) is 12.3. The van der Waals surface area contributed by atoms with E-state index in [4.69, 9.17) is 5.26 Å². The van der Waals surface area contributed by atoms with E-state index >= 15 is 0 Å². The van der Waals surface area contributed by atoms with Crippen molar-refractivity contribution in [3.63, 3.8) is 0 Å². The number of hydrogen-bond acceptors (Lipinski definition) is 7. The van der Waals surface area contributed by atoms with Gasteiger partial charge in [-0.3, -0.25) is 0 Å². The summed E-state index contributed by atoms with van der Waals surface area (Å²) in [5.41, 5.74) is 1.63. The Morgan fingerprint density at radius 2 is 2.24 bits per heavy atom. The molecule has 126 valence electrons. The maximum Gasteiger partial charge on any atom is 0.166 e. The highest BCUT2D eigenvalue weighted by molar-refractivity contribution is 7.17. The SMILES string of the molecule is N#Cc1ccc(-c2nnc(N[C@@H]3CCCNC3)c3sccc23)c(O)c1. The largest absolute Gasteiger partial charge is 0.507 e. The summed E-state index contributed by atoms with van der Waals surface area (Å²) in [6.07, 6.45) is 2.26. The summed E-state index contributed by atoms with van der Waals surface area (Å²) < 4.78 is 1.03. The van der Waals surface area contributed by atoms with Crippen LogP contribution < -0.4 is 10.6 Å². The van der Waals surface area contributed by atoms with Crippen molar-refractivity contribution in [1.82, 2.24) is 15.5 Å². The zero-order chi connectivity index (χ0) is 17.2. The lowest BCUT2D eigenvalue weighted by molar-refractivity contribution is 0.476. The van der Waals surface area contributed by atoms with Crippen molar-refractivity contribution in [2.24, 2.45) is 0 Å². The summed E-state index contributed by atoms with van der Waals surface area (Å²) in [4.78, 5) is 0. The number of phenolic OH excluding ortho intramolecular Hbond substituents is 1. The monoisotopic (exact) mass is 351 g/mol. The third-order valence-corrected chi connectivity index (χ3v) is 5.33. The van der Waals surface area contributed by atoms with Crippen LogP contribution in [0.3, 0.4) is 0 Å². The van der Waals surface area contributed by atoms with Gasteiger partial charge in [-0.15, -0.1) is 21.5 Å². The van der Waals surface area contributed by atoms with Gasteiger partial charge in [-0.25, -0.2) is 0 Å². The molecule has 0 saturated carbocycles. The van der Waals surface area contributed by atoms with Crippen molar-refractivity contribution in [3.8, 4) is 23.1 Å². The summed E-state index contributed by atoms with van der Waals surface area (Å²) in [6.45, 7) is 1.99.